The van der Waals surface area contributed by atoms with Crippen LogP contribution in [0.1, 0.15) is 6.42 Å². The highest BCUT2D eigenvalue weighted by Gasteiger charge is 1.85. The Hall–Kier alpha value is 0.500. The topological polar surface area (TPSA) is 18.5 Å². The fourth-order valence-corrected chi connectivity index (χ4v) is 0.590. The van der Waals surface area contributed by atoms with Gasteiger partial charge in [-0.2, -0.15) is 0 Å². The SMILES string of the molecule is ClCOCCCOCCl. The van der Waals surface area contributed by atoms with Crippen molar-refractivity contribution in [1.29, 1.82) is 0 Å². The monoisotopic (exact) mass is 172 g/mol. The fraction of sp³-hybridized carbons (Fsp3) is 1.00. The van der Waals surface area contributed by atoms with Gasteiger partial charge in [-0.3, -0.25) is 0 Å². The molecule has 4 heteroatoms. The molecule has 0 spiro atoms. The van der Waals surface area contributed by atoms with Crippen LogP contribution in [0.3, 0.4) is 0 Å². The van der Waals surface area contributed by atoms with Gasteiger partial charge in [0.15, 0.2) is 0 Å². The summed E-state index contributed by atoms with van der Waals surface area (Å²) in [4.78, 5) is 0. The molecule has 0 aromatic carbocycles. The summed E-state index contributed by atoms with van der Waals surface area (Å²) in [5.74, 6) is 0. The summed E-state index contributed by atoms with van der Waals surface area (Å²) < 4.78 is 9.64. The molecular formula is C5H10Cl2O2. The molecule has 0 amide bonds. The third-order valence-electron chi connectivity index (χ3n) is 0.732. The van der Waals surface area contributed by atoms with Crippen molar-refractivity contribution in [1.82, 2.24) is 0 Å². The zero-order valence-electron chi connectivity index (χ0n) is 5.11. The van der Waals surface area contributed by atoms with Crippen molar-refractivity contribution in [2.45, 2.75) is 6.42 Å². The molecule has 0 radical (unpaired) electrons. The molecule has 0 saturated heterocycles. The fourth-order valence-electron chi connectivity index (χ4n) is 0.372. The molecule has 0 aliphatic rings. The van der Waals surface area contributed by atoms with Gasteiger partial charge in [0.05, 0.1) is 13.2 Å². The van der Waals surface area contributed by atoms with E-state index in [2.05, 4.69) is 0 Å². The summed E-state index contributed by atoms with van der Waals surface area (Å²) in [6, 6.07) is 0.502. The predicted octanol–water partition coefficient (Wildman–Crippen LogP) is 1.80. The number of alkyl halides is 2. The Kier molecular flexibility index (Phi) is 8.97. The van der Waals surface area contributed by atoms with E-state index < -0.39 is 0 Å². The number of halogens is 2. The van der Waals surface area contributed by atoms with Crippen LogP contribution in [0.4, 0.5) is 0 Å². The number of hydrogen-bond acceptors (Lipinski definition) is 2. The molecule has 2 nitrogen and oxygen atoms in total. The lowest BCUT2D eigenvalue weighted by Crippen LogP contribution is -1.98. The Bertz CT molecular complexity index is 46.2. The molecule has 0 aromatic heterocycles. The van der Waals surface area contributed by atoms with Crippen LogP contribution >= 0.6 is 23.2 Å². The minimum absolute atomic E-state index is 0.251. The maximum Gasteiger partial charge on any atom is 0.120 e. The molecule has 0 rings (SSSR count). The van der Waals surface area contributed by atoms with Crippen LogP contribution in [0, 0.1) is 0 Å². The molecule has 0 unspecified atom stereocenters. The highest BCUT2D eigenvalue weighted by atomic mass is 35.5. The molecule has 0 atom stereocenters. The molecule has 0 N–H and O–H groups in total. The van der Waals surface area contributed by atoms with E-state index in [1.165, 1.54) is 0 Å². The van der Waals surface area contributed by atoms with Crippen LogP contribution in [0.25, 0.3) is 0 Å². The first-order chi connectivity index (χ1) is 4.41. The zero-order valence-corrected chi connectivity index (χ0v) is 6.62. The number of rotatable bonds is 6. The Balaban J connectivity index is 2.60. The summed E-state index contributed by atoms with van der Waals surface area (Å²) in [7, 11) is 0. The number of ether oxygens (including phenoxy) is 2. The van der Waals surface area contributed by atoms with Crippen molar-refractivity contribution < 1.29 is 9.47 Å². The molecule has 0 saturated carbocycles. The van der Waals surface area contributed by atoms with Crippen LogP contribution in [-0.2, 0) is 9.47 Å². The van der Waals surface area contributed by atoms with Gasteiger partial charge in [-0.15, -0.1) is 0 Å². The van der Waals surface area contributed by atoms with E-state index in [4.69, 9.17) is 32.7 Å². The van der Waals surface area contributed by atoms with Crippen molar-refractivity contribution in [2.75, 3.05) is 25.3 Å². The van der Waals surface area contributed by atoms with Crippen molar-refractivity contribution in [3.05, 3.63) is 0 Å². The summed E-state index contributed by atoms with van der Waals surface area (Å²) >= 11 is 10.5. The predicted molar refractivity (Wildman–Crippen MR) is 38.0 cm³/mol. The van der Waals surface area contributed by atoms with Crippen LogP contribution < -0.4 is 0 Å². The molecule has 0 bridgehead atoms. The molecule has 0 heterocycles. The van der Waals surface area contributed by atoms with Crippen molar-refractivity contribution in [3.8, 4) is 0 Å². The normalized spacial score (nSPS) is 10.0. The molecule has 0 aliphatic heterocycles. The Morgan fingerprint density at radius 2 is 1.33 bits per heavy atom. The molecule has 0 fully saturated rings. The molecular weight excluding hydrogens is 163 g/mol. The van der Waals surface area contributed by atoms with Crippen LogP contribution in [-0.4, -0.2) is 25.3 Å². The average molecular weight is 173 g/mol. The third-order valence-corrected chi connectivity index (χ3v) is 1.04. The second-order valence-electron chi connectivity index (χ2n) is 1.39. The quantitative estimate of drug-likeness (QED) is 0.450. The summed E-state index contributed by atoms with van der Waals surface area (Å²) in [6.45, 7) is 1.28. The summed E-state index contributed by atoms with van der Waals surface area (Å²) in [5, 5.41) is 0. The van der Waals surface area contributed by atoms with E-state index in [9.17, 15) is 0 Å². The highest BCUT2D eigenvalue weighted by Crippen LogP contribution is 1.87. The van der Waals surface area contributed by atoms with E-state index in [0.717, 1.165) is 6.42 Å². The van der Waals surface area contributed by atoms with Crippen LogP contribution in [0.5, 0.6) is 0 Å². The van der Waals surface area contributed by atoms with Gasteiger partial charge in [0, 0.05) is 0 Å². The lowest BCUT2D eigenvalue weighted by Gasteiger charge is -1.98. The lowest BCUT2D eigenvalue weighted by atomic mass is 10.5. The number of hydrogen-bond donors (Lipinski definition) is 0. The Morgan fingerprint density at radius 3 is 1.67 bits per heavy atom. The average Bonchev–Trinajstić information content (AvgIpc) is 1.89. The standard InChI is InChI=1S/C5H10Cl2O2/c6-4-8-2-1-3-9-5-7/h1-5H2. The van der Waals surface area contributed by atoms with Gasteiger partial charge >= 0.3 is 0 Å². The molecule has 56 valence electrons. The second kappa shape index (κ2) is 8.50. The third kappa shape index (κ3) is 8.50. The first-order valence-electron chi connectivity index (χ1n) is 2.69. The molecule has 0 aliphatic carbocycles. The van der Waals surface area contributed by atoms with Crippen LogP contribution in [0.15, 0.2) is 0 Å². The minimum Gasteiger partial charge on any atom is -0.366 e. The van der Waals surface area contributed by atoms with E-state index in [1.54, 1.807) is 0 Å². The summed E-state index contributed by atoms with van der Waals surface area (Å²) in [6.07, 6.45) is 0.847. The highest BCUT2D eigenvalue weighted by molar-refractivity contribution is 6.17. The smallest absolute Gasteiger partial charge is 0.120 e. The Labute approximate surface area is 65.0 Å². The van der Waals surface area contributed by atoms with Gasteiger partial charge in [0.2, 0.25) is 0 Å². The lowest BCUT2D eigenvalue weighted by molar-refractivity contribution is 0.121. The molecule has 0 aromatic rings. The van der Waals surface area contributed by atoms with Gasteiger partial charge < -0.3 is 9.47 Å². The Morgan fingerprint density at radius 1 is 0.889 bits per heavy atom. The minimum atomic E-state index is 0.251. The first-order valence-corrected chi connectivity index (χ1v) is 3.76. The zero-order chi connectivity index (χ0) is 6.95. The second-order valence-corrected chi connectivity index (χ2v) is 1.82. The van der Waals surface area contributed by atoms with Crippen molar-refractivity contribution in [3.63, 3.8) is 0 Å². The van der Waals surface area contributed by atoms with Crippen LogP contribution in [0.2, 0.25) is 0 Å². The first kappa shape index (κ1) is 9.50. The molecule has 9 heavy (non-hydrogen) atoms. The summed E-state index contributed by atoms with van der Waals surface area (Å²) in [5.41, 5.74) is 0. The van der Waals surface area contributed by atoms with Crippen molar-refractivity contribution in [2.24, 2.45) is 0 Å². The van der Waals surface area contributed by atoms with E-state index in [-0.39, 0.29) is 12.1 Å². The van der Waals surface area contributed by atoms with Gasteiger partial charge in [-0.25, -0.2) is 0 Å². The van der Waals surface area contributed by atoms with Gasteiger partial charge in [0.1, 0.15) is 12.1 Å². The van der Waals surface area contributed by atoms with Gasteiger partial charge in [-0.05, 0) is 6.42 Å². The van der Waals surface area contributed by atoms with E-state index >= 15 is 0 Å². The maximum absolute atomic E-state index is 5.23. The van der Waals surface area contributed by atoms with Crippen molar-refractivity contribution >= 4 is 23.2 Å². The van der Waals surface area contributed by atoms with Gasteiger partial charge in [-0.1, -0.05) is 23.2 Å². The maximum atomic E-state index is 5.23. The van der Waals surface area contributed by atoms with Gasteiger partial charge in [0.25, 0.3) is 0 Å². The van der Waals surface area contributed by atoms with E-state index in [1.807, 2.05) is 0 Å². The van der Waals surface area contributed by atoms with E-state index in [0.29, 0.717) is 13.2 Å². The largest absolute Gasteiger partial charge is 0.366 e.